The number of pyridine rings is 1. The molecule has 1 aromatic heterocycles. The number of H-pyrrole nitrogens is 1. The van der Waals surface area contributed by atoms with Crippen LogP contribution < -0.4 is 5.56 Å². The summed E-state index contributed by atoms with van der Waals surface area (Å²) < 4.78 is 0. The second kappa shape index (κ2) is 3.03. The zero-order valence-corrected chi connectivity index (χ0v) is 7.45. The average Bonchev–Trinajstić information content (AvgIpc) is 2.19. The van der Waals surface area contributed by atoms with Crippen LogP contribution in [0.25, 0.3) is 17.0 Å². The quantitative estimate of drug-likeness (QED) is 0.716. The van der Waals surface area contributed by atoms with E-state index in [9.17, 15) is 9.90 Å². The van der Waals surface area contributed by atoms with E-state index in [1.165, 1.54) is 12.1 Å². The normalized spacial score (nSPS) is 10.3. The third kappa shape index (κ3) is 1.19. The van der Waals surface area contributed by atoms with Gasteiger partial charge in [0.2, 0.25) is 5.56 Å². The molecule has 3 heteroatoms. The fourth-order valence-corrected chi connectivity index (χ4v) is 1.44. The maximum Gasteiger partial charge on any atom is 0.248 e. The van der Waals surface area contributed by atoms with Crippen LogP contribution in [0.5, 0.6) is 5.75 Å². The molecule has 0 spiro atoms. The van der Waals surface area contributed by atoms with Gasteiger partial charge in [-0.05, 0) is 17.7 Å². The van der Waals surface area contributed by atoms with Gasteiger partial charge in [-0.2, -0.15) is 0 Å². The number of fused-ring (bicyclic) bond motifs is 1. The molecule has 0 bridgehead atoms. The number of rotatable bonds is 1. The molecule has 14 heavy (non-hydrogen) atoms. The molecule has 70 valence electrons. The first-order valence-electron chi connectivity index (χ1n) is 4.20. The van der Waals surface area contributed by atoms with Crippen LogP contribution in [0.15, 0.2) is 35.6 Å². The Morgan fingerprint density at radius 1 is 1.29 bits per heavy atom. The predicted octanol–water partition coefficient (Wildman–Crippen LogP) is 1.88. The molecule has 0 amide bonds. The average molecular weight is 187 g/mol. The lowest BCUT2D eigenvalue weighted by atomic mass is 10.1. The summed E-state index contributed by atoms with van der Waals surface area (Å²) in [6, 6.07) is 6.39. The smallest absolute Gasteiger partial charge is 0.248 e. The molecule has 2 N–H and O–H groups in total. The van der Waals surface area contributed by atoms with Crippen molar-refractivity contribution in [1.29, 1.82) is 0 Å². The van der Waals surface area contributed by atoms with Crippen LogP contribution in [0.3, 0.4) is 0 Å². The Bertz CT molecular complexity index is 555. The summed E-state index contributed by atoms with van der Waals surface area (Å²) in [5.74, 6) is 0.0725. The maximum atomic E-state index is 11.0. The summed E-state index contributed by atoms with van der Waals surface area (Å²) in [7, 11) is 0. The zero-order chi connectivity index (χ0) is 10.1. The van der Waals surface area contributed by atoms with Gasteiger partial charge < -0.3 is 10.1 Å². The first kappa shape index (κ1) is 8.56. The van der Waals surface area contributed by atoms with Gasteiger partial charge >= 0.3 is 0 Å². The van der Waals surface area contributed by atoms with Gasteiger partial charge in [-0.3, -0.25) is 4.79 Å². The van der Waals surface area contributed by atoms with E-state index >= 15 is 0 Å². The lowest BCUT2D eigenvalue weighted by molar-refractivity contribution is 0.480. The van der Waals surface area contributed by atoms with Crippen LogP contribution in [0.4, 0.5) is 0 Å². The zero-order valence-electron chi connectivity index (χ0n) is 7.45. The number of nitrogens with one attached hydrogen (secondary N) is 1. The molecule has 2 aromatic rings. The standard InChI is InChI=1S/C11H9NO2/c1-2-7-3-5-9(13)11-8(7)4-6-10(14)12-11/h2-6,13H,1H2,(H,12,14). The van der Waals surface area contributed by atoms with E-state index in [1.807, 2.05) is 0 Å². The van der Waals surface area contributed by atoms with E-state index in [0.717, 1.165) is 10.9 Å². The van der Waals surface area contributed by atoms with Crippen molar-refractivity contribution in [3.63, 3.8) is 0 Å². The fraction of sp³-hybridized carbons (Fsp3) is 0. The maximum absolute atomic E-state index is 11.0. The number of aromatic hydroxyl groups is 1. The van der Waals surface area contributed by atoms with Crippen LogP contribution in [0.1, 0.15) is 5.56 Å². The lowest BCUT2D eigenvalue weighted by Gasteiger charge is -2.03. The van der Waals surface area contributed by atoms with Crippen LogP contribution in [-0.2, 0) is 0 Å². The Labute approximate surface area is 80.3 Å². The third-order valence-electron chi connectivity index (χ3n) is 2.13. The highest BCUT2D eigenvalue weighted by molar-refractivity contribution is 5.91. The summed E-state index contributed by atoms with van der Waals surface area (Å²) in [5.41, 5.74) is 1.11. The topological polar surface area (TPSA) is 53.1 Å². The second-order valence-electron chi connectivity index (χ2n) is 2.99. The number of hydrogen-bond acceptors (Lipinski definition) is 2. The van der Waals surface area contributed by atoms with Crippen LogP contribution in [0.2, 0.25) is 0 Å². The highest BCUT2D eigenvalue weighted by Gasteiger charge is 2.03. The molecule has 0 aliphatic carbocycles. The number of hydrogen-bond donors (Lipinski definition) is 2. The number of aromatic amines is 1. The van der Waals surface area contributed by atoms with Crippen LogP contribution in [0, 0.1) is 0 Å². The minimum atomic E-state index is -0.228. The highest BCUT2D eigenvalue weighted by Crippen LogP contribution is 2.24. The molecule has 0 saturated heterocycles. The van der Waals surface area contributed by atoms with E-state index in [4.69, 9.17) is 0 Å². The van der Waals surface area contributed by atoms with Crippen molar-refractivity contribution in [1.82, 2.24) is 4.98 Å². The molecule has 0 saturated carbocycles. The largest absolute Gasteiger partial charge is 0.506 e. The number of phenols is 1. The Morgan fingerprint density at radius 3 is 2.79 bits per heavy atom. The molecule has 0 unspecified atom stereocenters. The van der Waals surface area contributed by atoms with Gasteiger partial charge in [0.1, 0.15) is 5.75 Å². The number of benzene rings is 1. The van der Waals surface area contributed by atoms with Crippen molar-refractivity contribution in [2.24, 2.45) is 0 Å². The molecular formula is C11H9NO2. The van der Waals surface area contributed by atoms with Crippen molar-refractivity contribution in [2.45, 2.75) is 0 Å². The molecule has 1 aromatic carbocycles. The SMILES string of the molecule is C=Cc1ccc(O)c2[nH]c(=O)ccc12. The van der Waals surface area contributed by atoms with Crippen molar-refractivity contribution in [2.75, 3.05) is 0 Å². The minimum Gasteiger partial charge on any atom is -0.506 e. The summed E-state index contributed by atoms with van der Waals surface area (Å²) >= 11 is 0. The van der Waals surface area contributed by atoms with Crippen molar-refractivity contribution in [3.8, 4) is 5.75 Å². The lowest BCUT2D eigenvalue weighted by Crippen LogP contribution is -2.02. The monoisotopic (exact) mass is 187 g/mol. The van der Waals surface area contributed by atoms with E-state index in [1.54, 1.807) is 18.2 Å². The first-order chi connectivity index (χ1) is 6.72. The van der Waals surface area contributed by atoms with Gasteiger partial charge in [-0.15, -0.1) is 0 Å². The Hall–Kier alpha value is -2.03. The molecule has 0 radical (unpaired) electrons. The van der Waals surface area contributed by atoms with E-state index in [0.29, 0.717) is 5.52 Å². The van der Waals surface area contributed by atoms with Gasteiger partial charge in [-0.25, -0.2) is 0 Å². The van der Waals surface area contributed by atoms with Gasteiger partial charge in [-0.1, -0.05) is 18.7 Å². The van der Waals surface area contributed by atoms with Gasteiger partial charge in [0.15, 0.2) is 0 Å². The Kier molecular flexibility index (Phi) is 1.85. The van der Waals surface area contributed by atoms with E-state index in [2.05, 4.69) is 11.6 Å². The van der Waals surface area contributed by atoms with Gasteiger partial charge in [0.05, 0.1) is 5.52 Å². The predicted molar refractivity (Wildman–Crippen MR) is 56.3 cm³/mol. The molecular weight excluding hydrogens is 178 g/mol. The Morgan fingerprint density at radius 2 is 2.07 bits per heavy atom. The minimum absolute atomic E-state index is 0.0725. The summed E-state index contributed by atoms with van der Waals surface area (Å²) in [5, 5.41) is 10.3. The van der Waals surface area contributed by atoms with Crippen molar-refractivity contribution >= 4 is 17.0 Å². The third-order valence-corrected chi connectivity index (χ3v) is 2.13. The van der Waals surface area contributed by atoms with Crippen molar-refractivity contribution < 1.29 is 5.11 Å². The molecule has 0 atom stereocenters. The summed E-state index contributed by atoms with van der Waals surface area (Å²) in [6.07, 6.45) is 1.68. The van der Waals surface area contributed by atoms with Crippen LogP contribution in [-0.4, -0.2) is 10.1 Å². The first-order valence-corrected chi connectivity index (χ1v) is 4.20. The van der Waals surface area contributed by atoms with Crippen molar-refractivity contribution in [3.05, 3.63) is 46.8 Å². The molecule has 2 rings (SSSR count). The highest BCUT2D eigenvalue weighted by atomic mass is 16.3. The summed E-state index contributed by atoms with van der Waals surface area (Å²) in [4.78, 5) is 13.6. The van der Waals surface area contributed by atoms with Gasteiger partial charge in [0, 0.05) is 11.5 Å². The molecule has 1 heterocycles. The molecule has 0 aliphatic heterocycles. The fourth-order valence-electron chi connectivity index (χ4n) is 1.44. The second-order valence-corrected chi connectivity index (χ2v) is 2.99. The molecule has 0 fully saturated rings. The van der Waals surface area contributed by atoms with Crippen LogP contribution >= 0.6 is 0 Å². The number of phenolic OH excluding ortho intramolecular Hbond substituents is 1. The summed E-state index contributed by atoms with van der Waals surface area (Å²) in [6.45, 7) is 3.66. The molecule has 3 nitrogen and oxygen atoms in total. The Balaban J connectivity index is 2.98. The van der Waals surface area contributed by atoms with E-state index < -0.39 is 0 Å². The van der Waals surface area contributed by atoms with Gasteiger partial charge in [0.25, 0.3) is 0 Å². The molecule has 0 aliphatic rings. The number of aromatic nitrogens is 1. The van der Waals surface area contributed by atoms with E-state index in [-0.39, 0.29) is 11.3 Å².